The zero-order chi connectivity index (χ0) is 42.8. The Labute approximate surface area is 370 Å². The molecule has 4 nitrogen and oxygen atoms in total. The van der Waals surface area contributed by atoms with E-state index in [9.17, 15) is 15.0 Å². The highest BCUT2D eigenvalue weighted by Crippen LogP contribution is 2.17. The smallest absolute Gasteiger partial charge is 0.220 e. The molecular weight excluding hydrogens is 723 g/mol. The van der Waals surface area contributed by atoms with Crippen LogP contribution in [-0.2, 0) is 4.79 Å². The van der Waals surface area contributed by atoms with E-state index in [2.05, 4.69) is 43.5 Å². The van der Waals surface area contributed by atoms with Crippen LogP contribution in [0, 0.1) is 0 Å². The standard InChI is InChI=1S/C55H105NO3/c1-3-5-7-9-11-13-15-17-18-19-20-21-22-23-24-25-26-27-28-29-30-31-32-33-34-35-36-37-39-41-43-45-47-49-51-55(59)56-53(52-57)54(58)50-48-46-44-42-40-38-16-14-12-10-8-6-4-2/h12,14,40,42,48,50,53-54,57-58H,3-11,13,15-39,41,43-47,49,51-52H2,1-2H3,(H,56,59)/b14-12+,42-40+,50-48+. The van der Waals surface area contributed by atoms with Gasteiger partial charge in [0.15, 0.2) is 0 Å². The first kappa shape index (κ1) is 57.6. The topological polar surface area (TPSA) is 69.6 Å². The Morgan fingerprint density at radius 3 is 0.983 bits per heavy atom. The van der Waals surface area contributed by atoms with Crippen LogP contribution in [0.4, 0.5) is 0 Å². The minimum Gasteiger partial charge on any atom is -0.394 e. The molecule has 1 amide bonds. The summed E-state index contributed by atoms with van der Waals surface area (Å²) in [5, 5.41) is 23.0. The summed E-state index contributed by atoms with van der Waals surface area (Å²) >= 11 is 0. The van der Waals surface area contributed by atoms with Gasteiger partial charge in [-0.3, -0.25) is 4.79 Å². The Morgan fingerprint density at radius 1 is 0.390 bits per heavy atom. The van der Waals surface area contributed by atoms with E-state index in [1.807, 2.05) is 6.08 Å². The van der Waals surface area contributed by atoms with Gasteiger partial charge in [0, 0.05) is 6.42 Å². The van der Waals surface area contributed by atoms with Gasteiger partial charge >= 0.3 is 0 Å². The van der Waals surface area contributed by atoms with E-state index in [-0.39, 0.29) is 12.5 Å². The molecule has 0 aliphatic rings. The highest BCUT2D eigenvalue weighted by molar-refractivity contribution is 5.76. The van der Waals surface area contributed by atoms with Gasteiger partial charge in [-0.25, -0.2) is 0 Å². The first-order valence-electron chi connectivity index (χ1n) is 26.7. The second-order valence-electron chi connectivity index (χ2n) is 18.3. The average Bonchev–Trinajstić information content (AvgIpc) is 3.24. The van der Waals surface area contributed by atoms with Crippen LogP contribution in [0.2, 0.25) is 0 Å². The molecular formula is C55H105NO3. The molecule has 0 rings (SSSR count). The summed E-state index contributed by atoms with van der Waals surface area (Å²) in [6.45, 7) is 4.28. The fraction of sp³-hybridized carbons (Fsp3) is 0.873. The van der Waals surface area contributed by atoms with Crippen molar-refractivity contribution < 1.29 is 15.0 Å². The fourth-order valence-corrected chi connectivity index (χ4v) is 8.27. The monoisotopic (exact) mass is 828 g/mol. The van der Waals surface area contributed by atoms with E-state index in [0.29, 0.717) is 6.42 Å². The minimum absolute atomic E-state index is 0.0743. The van der Waals surface area contributed by atoms with E-state index < -0.39 is 12.1 Å². The molecule has 2 unspecified atom stereocenters. The number of aliphatic hydroxyl groups excluding tert-OH is 2. The minimum atomic E-state index is -0.867. The summed E-state index contributed by atoms with van der Waals surface area (Å²) in [5.74, 6) is -0.0743. The molecule has 0 spiro atoms. The number of carbonyl (C=O) groups is 1. The Kier molecular flexibility index (Phi) is 49.8. The summed E-state index contributed by atoms with van der Waals surface area (Å²) in [6, 6.07) is -0.642. The van der Waals surface area contributed by atoms with Crippen LogP contribution >= 0.6 is 0 Å². The molecule has 59 heavy (non-hydrogen) atoms. The van der Waals surface area contributed by atoms with Crippen molar-refractivity contribution >= 4 is 5.91 Å². The van der Waals surface area contributed by atoms with Crippen LogP contribution in [0.5, 0.6) is 0 Å². The number of rotatable bonds is 49. The highest BCUT2D eigenvalue weighted by Gasteiger charge is 2.17. The number of carbonyl (C=O) groups excluding carboxylic acids is 1. The largest absolute Gasteiger partial charge is 0.394 e. The van der Waals surface area contributed by atoms with Gasteiger partial charge < -0.3 is 15.5 Å². The third-order valence-corrected chi connectivity index (χ3v) is 12.4. The Balaban J connectivity index is 3.40. The molecule has 0 radical (unpaired) electrons. The summed E-state index contributed by atoms with van der Waals surface area (Å²) < 4.78 is 0. The quantitative estimate of drug-likeness (QED) is 0.0423. The predicted octanol–water partition coefficient (Wildman–Crippen LogP) is 17.3. The van der Waals surface area contributed by atoms with Crippen molar-refractivity contribution in [2.45, 2.75) is 302 Å². The Hall–Kier alpha value is -1.39. The van der Waals surface area contributed by atoms with Gasteiger partial charge in [0.1, 0.15) is 0 Å². The van der Waals surface area contributed by atoms with Crippen molar-refractivity contribution in [1.82, 2.24) is 5.32 Å². The van der Waals surface area contributed by atoms with Gasteiger partial charge in [0.05, 0.1) is 18.8 Å². The van der Waals surface area contributed by atoms with E-state index in [1.165, 1.54) is 231 Å². The zero-order valence-electron chi connectivity index (χ0n) is 40.0. The van der Waals surface area contributed by atoms with E-state index in [4.69, 9.17) is 0 Å². The molecule has 4 heteroatoms. The second kappa shape index (κ2) is 51.0. The van der Waals surface area contributed by atoms with Crippen molar-refractivity contribution in [3.05, 3.63) is 36.5 Å². The number of hydrogen-bond donors (Lipinski definition) is 3. The molecule has 0 aliphatic carbocycles. The molecule has 348 valence electrons. The van der Waals surface area contributed by atoms with E-state index in [0.717, 1.165) is 38.5 Å². The van der Waals surface area contributed by atoms with Gasteiger partial charge in [0.2, 0.25) is 5.91 Å². The first-order chi connectivity index (χ1) is 29.2. The number of aliphatic hydroxyl groups is 2. The van der Waals surface area contributed by atoms with Gasteiger partial charge in [0.25, 0.3) is 0 Å². The van der Waals surface area contributed by atoms with Crippen LogP contribution in [0.3, 0.4) is 0 Å². The maximum absolute atomic E-state index is 12.4. The summed E-state index contributed by atoms with van der Waals surface area (Å²) in [5.41, 5.74) is 0. The molecule has 0 heterocycles. The Bertz CT molecular complexity index is 897. The summed E-state index contributed by atoms with van der Waals surface area (Å²) in [4.78, 5) is 12.4. The van der Waals surface area contributed by atoms with Crippen LogP contribution < -0.4 is 5.32 Å². The van der Waals surface area contributed by atoms with Crippen molar-refractivity contribution in [1.29, 1.82) is 0 Å². The second-order valence-corrected chi connectivity index (χ2v) is 18.3. The number of allylic oxidation sites excluding steroid dienone is 5. The lowest BCUT2D eigenvalue weighted by molar-refractivity contribution is -0.123. The third kappa shape index (κ3) is 47.5. The van der Waals surface area contributed by atoms with Gasteiger partial charge in [-0.1, -0.05) is 275 Å². The molecule has 0 aromatic carbocycles. The normalized spacial score (nSPS) is 13.1. The van der Waals surface area contributed by atoms with Crippen LogP contribution in [0.1, 0.15) is 290 Å². The average molecular weight is 828 g/mol. The molecule has 0 bridgehead atoms. The van der Waals surface area contributed by atoms with E-state index in [1.54, 1.807) is 6.08 Å². The molecule has 2 atom stereocenters. The molecule has 0 aromatic heterocycles. The van der Waals surface area contributed by atoms with Crippen molar-refractivity contribution in [3.63, 3.8) is 0 Å². The SMILES string of the molecule is CCCCC/C=C/CC/C=C/CC/C=C/C(O)C(CO)NC(=O)CCCCCCCCCCCCCCCCCCCCCCCCCCCCCCCCCCCC. The number of hydrogen-bond acceptors (Lipinski definition) is 3. The van der Waals surface area contributed by atoms with Gasteiger partial charge in [-0.05, 0) is 44.9 Å². The number of unbranched alkanes of at least 4 members (excludes halogenated alkanes) is 38. The van der Waals surface area contributed by atoms with Gasteiger partial charge in [-0.15, -0.1) is 0 Å². The third-order valence-electron chi connectivity index (χ3n) is 12.4. The van der Waals surface area contributed by atoms with Crippen molar-refractivity contribution in [2.75, 3.05) is 6.61 Å². The Morgan fingerprint density at radius 2 is 0.661 bits per heavy atom. The maximum atomic E-state index is 12.4. The zero-order valence-corrected chi connectivity index (χ0v) is 40.0. The summed E-state index contributed by atoms with van der Waals surface area (Å²) in [7, 11) is 0. The molecule has 0 saturated heterocycles. The lowest BCUT2D eigenvalue weighted by atomic mass is 10.0. The van der Waals surface area contributed by atoms with Crippen LogP contribution in [0.25, 0.3) is 0 Å². The van der Waals surface area contributed by atoms with Gasteiger partial charge in [-0.2, -0.15) is 0 Å². The molecule has 0 aromatic rings. The molecule has 0 aliphatic heterocycles. The van der Waals surface area contributed by atoms with Crippen molar-refractivity contribution in [3.8, 4) is 0 Å². The number of nitrogens with one attached hydrogen (secondary N) is 1. The lowest BCUT2D eigenvalue weighted by Gasteiger charge is -2.19. The van der Waals surface area contributed by atoms with Crippen LogP contribution in [0.15, 0.2) is 36.5 Å². The molecule has 0 fully saturated rings. The molecule has 3 N–H and O–H groups in total. The molecule has 0 saturated carbocycles. The number of amides is 1. The van der Waals surface area contributed by atoms with E-state index >= 15 is 0 Å². The lowest BCUT2D eigenvalue weighted by Crippen LogP contribution is -2.45. The maximum Gasteiger partial charge on any atom is 0.220 e. The van der Waals surface area contributed by atoms with Crippen LogP contribution in [-0.4, -0.2) is 34.9 Å². The fourth-order valence-electron chi connectivity index (χ4n) is 8.27. The highest BCUT2D eigenvalue weighted by atomic mass is 16.3. The first-order valence-corrected chi connectivity index (χ1v) is 26.7. The predicted molar refractivity (Wildman–Crippen MR) is 262 cm³/mol. The van der Waals surface area contributed by atoms with Crippen molar-refractivity contribution in [2.24, 2.45) is 0 Å². The summed E-state index contributed by atoms with van der Waals surface area (Å²) in [6.07, 6.45) is 68.9.